The molecule has 0 saturated carbocycles. The molecule has 15 heavy (non-hydrogen) atoms. The first-order valence-corrected chi connectivity index (χ1v) is 9.31. The first-order chi connectivity index (χ1) is 6.52. The van der Waals surface area contributed by atoms with Gasteiger partial charge in [0.25, 0.3) is 0 Å². The molecule has 0 aromatic rings. The van der Waals surface area contributed by atoms with Gasteiger partial charge in [-0.3, -0.25) is 0 Å². The third kappa shape index (κ3) is 3.76. The number of hydrogen-bond donors (Lipinski definition) is 0. The molecule has 0 saturated heterocycles. The van der Waals surface area contributed by atoms with E-state index >= 15 is 0 Å². The Bertz CT molecular complexity index is 258. The predicted octanol–water partition coefficient (Wildman–Crippen LogP) is 4.22. The van der Waals surface area contributed by atoms with E-state index < -0.39 is 8.32 Å². The van der Waals surface area contributed by atoms with Crippen molar-refractivity contribution in [3.8, 4) is 0 Å². The van der Waals surface area contributed by atoms with Crippen LogP contribution in [0.5, 0.6) is 0 Å². The van der Waals surface area contributed by atoms with Crippen molar-refractivity contribution in [1.82, 2.24) is 0 Å². The summed E-state index contributed by atoms with van der Waals surface area (Å²) in [5.74, 6) is 0. The minimum Gasteiger partial charge on any atom is -0.414 e. The van der Waals surface area contributed by atoms with Crippen LogP contribution in [0.1, 0.15) is 34.1 Å². The fourth-order valence-corrected chi connectivity index (χ4v) is 3.22. The monoisotopic (exact) mass is 226 g/mol. The average molecular weight is 226 g/mol. The Balaban J connectivity index is 2.84. The lowest BCUT2D eigenvalue weighted by molar-refractivity contribution is 0.0547. The lowest BCUT2D eigenvalue weighted by atomic mass is 9.70. The highest BCUT2D eigenvalue weighted by molar-refractivity contribution is 6.69. The first-order valence-electron chi connectivity index (χ1n) is 5.90. The zero-order valence-corrected chi connectivity index (χ0v) is 12.3. The number of allylic oxidation sites excluding steroid dienone is 1. The van der Waals surface area contributed by atoms with E-state index in [9.17, 15) is 0 Å². The fraction of sp³-hybridized carbons (Fsp3) is 0.846. The smallest absolute Gasteiger partial charge is 0.184 e. The topological polar surface area (TPSA) is 9.23 Å². The summed E-state index contributed by atoms with van der Waals surface area (Å²) >= 11 is 0. The molecule has 0 bridgehead atoms. The second-order valence-corrected chi connectivity index (χ2v) is 11.5. The maximum Gasteiger partial charge on any atom is 0.184 e. The molecule has 88 valence electrons. The maximum absolute atomic E-state index is 6.32. The van der Waals surface area contributed by atoms with Gasteiger partial charge in [0.1, 0.15) is 0 Å². The van der Waals surface area contributed by atoms with Gasteiger partial charge in [0.05, 0.1) is 6.10 Å². The molecule has 0 aromatic heterocycles. The molecule has 0 unspecified atom stereocenters. The van der Waals surface area contributed by atoms with E-state index in [0.29, 0.717) is 11.5 Å². The Hall–Kier alpha value is -0.0831. The van der Waals surface area contributed by atoms with Crippen LogP contribution in [0.3, 0.4) is 0 Å². The second-order valence-electron chi connectivity index (χ2n) is 7.07. The number of rotatable bonds is 2. The summed E-state index contributed by atoms with van der Waals surface area (Å²) in [7, 11) is -1.43. The third-order valence-electron chi connectivity index (χ3n) is 3.00. The molecule has 0 radical (unpaired) electrons. The SMILES string of the molecule is CC1(C)C=CC(C)(C)[C@@H](O[Si](C)(C)C)C1. The lowest BCUT2D eigenvalue weighted by Gasteiger charge is -2.43. The van der Waals surface area contributed by atoms with Crippen molar-refractivity contribution in [2.45, 2.75) is 59.9 Å². The summed E-state index contributed by atoms with van der Waals surface area (Å²) in [4.78, 5) is 0. The van der Waals surface area contributed by atoms with Crippen LogP contribution in [-0.4, -0.2) is 14.4 Å². The van der Waals surface area contributed by atoms with Gasteiger partial charge in [-0.15, -0.1) is 0 Å². The van der Waals surface area contributed by atoms with E-state index in [1.807, 2.05) is 0 Å². The van der Waals surface area contributed by atoms with Crippen molar-refractivity contribution in [3.05, 3.63) is 12.2 Å². The van der Waals surface area contributed by atoms with Crippen LogP contribution in [-0.2, 0) is 4.43 Å². The van der Waals surface area contributed by atoms with Crippen LogP contribution in [0.2, 0.25) is 19.6 Å². The zero-order chi connectivity index (χ0) is 11.9. The Morgan fingerprint density at radius 2 is 1.60 bits per heavy atom. The molecule has 0 N–H and O–H groups in total. The van der Waals surface area contributed by atoms with Crippen LogP contribution in [0.25, 0.3) is 0 Å². The van der Waals surface area contributed by atoms with E-state index in [4.69, 9.17) is 4.43 Å². The van der Waals surface area contributed by atoms with E-state index in [0.717, 1.165) is 6.42 Å². The lowest BCUT2D eigenvalue weighted by Crippen LogP contribution is -2.44. The first kappa shape index (κ1) is 13.0. The van der Waals surface area contributed by atoms with Gasteiger partial charge in [-0.25, -0.2) is 0 Å². The van der Waals surface area contributed by atoms with E-state index in [2.05, 4.69) is 59.5 Å². The third-order valence-corrected chi connectivity index (χ3v) is 3.99. The molecule has 0 fully saturated rings. The molecular formula is C13H26OSi. The standard InChI is InChI=1S/C13H26OSi/c1-12(2)8-9-13(3,4)11(10-12)14-15(5,6)7/h8-9,11H,10H2,1-7H3/t11-/m0/s1. The van der Waals surface area contributed by atoms with Gasteiger partial charge in [-0.2, -0.15) is 0 Å². The van der Waals surface area contributed by atoms with Crippen molar-refractivity contribution in [2.75, 3.05) is 0 Å². The van der Waals surface area contributed by atoms with Gasteiger partial charge in [0, 0.05) is 5.41 Å². The summed E-state index contributed by atoms with van der Waals surface area (Å²) in [6.45, 7) is 16.0. The molecule has 1 aliphatic rings. The van der Waals surface area contributed by atoms with Gasteiger partial charge in [-0.1, -0.05) is 39.8 Å². The van der Waals surface area contributed by atoms with E-state index in [-0.39, 0.29) is 5.41 Å². The van der Waals surface area contributed by atoms with Gasteiger partial charge in [0.15, 0.2) is 8.32 Å². The van der Waals surface area contributed by atoms with E-state index in [1.54, 1.807) is 0 Å². The van der Waals surface area contributed by atoms with Crippen LogP contribution in [0, 0.1) is 10.8 Å². The highest BCUT2D eigenvalue weighted by Gasteiger charge is 2.38. The van der Waals surface area contributed by atoms with E-state index in [1.165, 1.54) is 0 Å². The summed E-state index contributed by atoms with van der Waals surface area (Å²) in [5.41, 5.74) is 0.482. The predicted molar refractivity (Wildman–Crippen MR) is 69.5 cm³/mol. The quantitative estimate of drug-likeness (QED) is 0.506. The summed E-state index contributed by atoms with van der Waals surface area (Å²) in [5, 5.41) is 0. The highest BCUT2D eigenvalue weighted by Crippen LogP contribution is 2.41. The molecule has 0 spiro atoms. The molecule has 1 rings (SSSR count). The van der Waals surface area contributed by atoms with Crippen molar-refractivity contribution in [3.63, 3.8) is 0 Å². The Morgan fingerprint density at radius 3 is 2.07 bits per heavy atom. The molecule has 0 aliphatic heterocycles. The molecule has 0 heterocycles. The van der Waals surface area contributed by atoms with Gasteiger partial charge in [0.2, 0.25) is 0 Å². The van der Waals surface area contributed by atoms with Crippen LogP contribution >= 0.6 is 0 Å². The van der Waals surface area contributed by atoms with Gasteiger partial charge in [-0.05, 0) is 31.5 Å². The highest BCUT2D eigenvalue weighted by atomic mass is 28.4. The summed E-state index contributed by atoms with van der Waals surface area (Å²) in [6.07, 6.45) is 6.20. The molecule has 1 aliphatic carbocycles. The maximum atomic E-state index is 6.32. The number of hydrogen-bond acceptors (Lipinski definition) is 1. The molecule has 1 atom stereocenters. The Morgan fingerprint density at radius 1 is 1.07 bits per heavy atom. The average Bonchev–Trinajstić information content (AvgIpc) is 1.95. The van der Waals surface area contributed by atoms with Crippen LogP contribution < -0.4 is 0 Å². The summed E-state index contributed by atoms with van der Waals surface area (Å²) < 4.78 is 6.32. The van der Waals surface area contributed by atoms with Gasteiger partial charge >= 0.3 is 0 Å². The van der Waals surface area contributed by atoms with Crippen molar-refractivity contribution < 1.29 is 4.43 Å². The minimum atomic E-state index is -1.43. The fourth-order valence-electron chi connectivity index (χ4n) is 1.98. The molecule has 0 aromatic carbocycles. The molecule has 0 amide bonds. The van der Waals surface area contributed by atoms with Crippen molar-refractivity contribution in [2.24, 2.45) is 10.8 Å². The van der Waals surface area contributed by atoms with Gasteiger partial charge < -0.3 is 4.43 Å². The molecule has 2 heteroatoms. The molecule has 1 nitrogen and oxygen atoms in total. The largest absolute Gasteiger partial charge is 0.414 e. The summed E-state index contributed by atoms with van der Waals surface area (Å²) in [6, 6.07) is 0. The van der Waals surface area contributed by atoms with Crippen LogP contribution in [0.15, 0.2) is 12.2 Å². The zero-order valence-electron chi connectivity index (χ0n) is 11.3. The molecular weight excluding hydrogens is 200 g/mol. The van der Waals surface area contributed by atoms with Crippen molar-refractivity contribution >= 4 is 8.32 Å². The minimum absolute atomic E-state index is 0.190. The van der Waals surface area contributed by atoms with Crippen molar-refractivity contribution in [1.29, 1.82) is 0 Å². The Labute approximate surface area is 96.0 Å². The van der Waals surface area contributed by atoms with Crippen LogP contribution in [0.4, 0.5) is 0 Å². The normalized spacial score (nSPS) is 29.1. The second kappa shape index (κ2) is 3.74. The Kier molecular flexibility index (Phi) is 3.24.